The van der Waals surface area contributed by atoms with Crippen LogP contribution in [0.1, 0.15) is 44.2 Å². The molecule has 0 spiro atoms. The average Bonchev–Trinajstić information content (AvgIpc) is 2.37. The Morgan fingerprint density at radius 2 is 1.78 bits per heavy atom. The summed E-state index contributed by atoms with van der Waals surface area (Å²) in [5, 5.41) is 3.52. The second-order valence-corrected chi connectivity index (χ2v) is 5.36. The largest absolute Gasteiger partial charge is 0.326 e. The summed E-state index contributed by atoms with van der Waals surface area (Å²) < 4.78 is 0. The van der Waals surface area contributed by atoms with E-state index in [2.05, 4.69) is 43.4 Å². The maximum atomic E-state index is 5.73. The zero-order valence-corrected chi connectivity index (χ0v) is 11.9. The van der Waals surface area contributed by atoms with Gasteiger partial charge in [-0.2, -0.15) is 0 Å². The van der Waals surface area contributed by atoms with Gasteiger partial charge in [0.05, 0.1) is 0 Å². The predicted molar refractivity (Wildman–Crippen MR) is 79.6 cm³/mol. The number of hydrogen-bond donors (Lipinski definition) is 2. The minimum absolute atomic E-state index is 0.643. The van der Waals surface area contributed by atoms with Crippen LogP contribution in [0.5, 0.6) is 0 Å². The highest BCUT2D eigenvalue weighted by Gasteiger charge is 1.99. The number of hydrogen-bond acceptors (Lipinski definition) is 2. The molecule has 0 unspecified atom stereocenters. The van der Waals surface area contributed by atoms with Crippen molar-refractivity contribution in [2.45, 2.75) is 46.1 Å². The SMILES string of the molecule is CC(C)CCCCNCCc1ccccc1CN. The van der Waals surface area contributed by atoms with Gasteiger partial charge in [0, 0.05) is 6.54 Å². The molecule has 18 heavy (non-hydrogen) atoms. The van der Waals surface area contributed by atoms with E-state index in [-0.39, 0.29) is 0 Å². The summed E-state index contributed by atoms with van der Waals surface area (Å²) >= 11 is 0. The molecule has 1 aromatic carbocycles. The molecule has 0 saturated heterocycles. The maximum absolute atomic E-state index is 5.73. The molecule has 1 aromatic rings. The molecule has 0 aliphatic heterocycles. The first-order valence-corrected chi connectivity index (χ1v) is 7.21. The summed E-state index contributed by atoms with van der Waals surface area (Å²) in [6, 6.07) is 8.46. The van der Waals surface area contributed by atoms with Crippen LogP contribution in [0.2, 0.25) is 0 Å². The number of nitrogens with two attached hydrogens (primary N) is 1. The summed E-state index contributed by atoms with van der Waals surface area (Å²) in [5.41, 5.74) is 8.39. The van der Waals surface area contributed by atoms with Crippen molar-refractivity contribution in [3.8, 4) is 0 Å². The number of unbranched alkanes of at least 4 members (excludes halogenated alkanes) is 1. The number of benzene rings is 1. The molecule has 0 bridgehead atoms. The lowest BCUT2D eigenvalue weighted by molar-refractivity contribution is 0.521. The van der Waals surface area contributed by atoms with Crippen molar-refractivity contribution in [2.24, 2.45) is 11.7 Å². The fourth-order valence-electron chi connectivity index (χ4n) is 2.15. The molecule has 0 fully saturated rings. The van der Waals surface area contributed by atoms with Crippen LogP contribution in [0.15, 0.2) is 24.3 Å². The quantitative estimate of drug-likeness (QED) is 0.659. The Hall–Kier alpha value is -0.860. The summed E-state index contributed by atoms with van der Waals surface area (Å²) in [4.78, 5) is 0. The van der Waals surface area contributed by atoms with Crippen molar-refractivity contribution >= 4 is 0 Å². The molecule has 1 rings (SSSR count). The van der Waals surface area contributed by atoms with Gasteiger partial charge in [-0.25, -0.2) is 0 Å². The van der Waals surface area contributed by atoms with Crippen LogP contribution in [-0.4, -0.2) is 13.1 Å². The van der Waals surface area contributed by atoms with E-state index in [4.69, 9.17) is 5.73 Å². The zero-order valence-electron chi connectivity index (χ0n) is 11.9. The van der Waals surface area contributed by atoms with Gasteiger partial charge in [0.25, 0.3) is 0 Å². The van der Waals surface area contributed by atoms with Crippen molar-refractivity contribution in [1.29, 1.82) is 0 Å². The molecule has 0 radical (unpaired) electrons. The second-order valence-electron chi connectivity index (χ2n) is 5.36. The van der Waals surface area contributed by atoms with Crippen molar-refractivity contribution in [1.82, 2.24) is 5.32 Å². The third-order valence-corrected chi connectivity index (χ3v) is 3.29. The van der Waals surface area contributed by atoms with E-state index in [1.807, 2.05) is 0 Å². The summed E-state index contributed by atoms with van der Waals surface area (Å²) in [5.74, 6) is 0.835. The Kier molecular flexibility index (Phi) is 7.70. The van der Waals surface area contributed by atoms with E-state index in [0.717, 1.165) is 25.4 Å². The van der Waals surface area contributed by atoms with Crippen LogP contribution in [-0.2, 0) is 13.0 Å². The van der Waals surface area contributed by atoms with E-state index < -0.39 is 0 Å². The van der Waals surface area contributed by atoms with Gasteiger partial charge >= 0.3 is 0 Å². The first-order chi connectivity index (χ1) is 8.74. The molecule has 2 heteroatoms. The van der Waals surface area contributed by atoms with Crippen LogP contribution in [0.4, 0.5) is 0 Å². The van der Waals surface area contributed by atoms with E-state index in [0.29, 0.717) is 6.54 Å². The molecule has 0 saturated carbocycles. The first-order valence-electron chi connectivity index (χ1n) is 7.21. The normalized spacial score (nSPS) is 11.1. The Morgan fingerprint density at radius 3 is 2.44 bits per heavy atom. The first kappa shape index (κ1) is 15.2. The van der Waals surface area contributed by atoms with E-state index >= 15 is 0 Å². The minimum atomic E-state index is 0.643. The topological polar surface area (TPSA) is 38.0 Å². The number of nitrogens with one attached hydrogen (secondary N) is 1. The highest BCUT2D eigenvalue weighted by Crippen LogP contribution is 2.08. The van der Waals surface area contributed by atoms with Crippen LogP contribution in [0.3, 0.4) is 0 Å². The molecule has 0 aliphatic carbocycles. The van der Waals surface area contributed by atoms with Crippen molar-refractivity contribution in [3.63, 3.8) is 0 Å². The van der Waals surface area contributed by atoms with E-state index in [9.17, 15) is 0 Å². The third kappa shape index (κ3) is 6.18. The lowest BCUT2D eigenvalue weighted by Crippen LogP contribution is -2.19. The Balaban J connectivity index is 2.10. The van der Waals surface area contributed by atoms with Gasteiger partial charge in [0.1, 0.15) is 0 Å². The molecule has 0 heterocycles. The molecule has 2 nitrogen and oxygen atoms in total. The molecule has 0 aliphatic rings. The van der Waals surface area contributed by atoms with E-state index in [1.54, 1.807) is 0 Å². The maximum Gasteiger partial charge on any atom is 0.0180 e. The Morgan fingerprint density at radius 1 is 1.06 bits per heavy atom. The third-order valence-electron chi connectivity index (χ3n) is 3.29. The predicted octanol–water partition coefficient (Wildman–Crippen LogP) is 3.10. The molecule has 102 valence electrons. The van der Waals surface area contributed by atoms with Crippen molar-refractivity contribution < 1.29 is 0 Å². The van der Waals surface area contributed by atoms with Gasteiger partial charge in [0.2, 0.25) is 0 Å². The van der Waals surface area contributed by atoms with Crippen molar-refractivity contribution in [3.05, 3.63) is 35.4 Å². The van der Waals surface area contributed by atoms with Crippen LogP contribution < -0.4 is 11.1 Å². The summed E-state index contributed by atoms with van der Waals surface area (Å²) in [6.07, 6.45) is 5.05. The molecule has 0 aromatic heterocycles. The highest BCUT2D eigenvalue weighted by atomic mass is 14.8. The summed E-state index contributed by atoms with van der Waals surface area (Å²) in [7, 11) is 0. The monoisotopic (exact) mass is 248 g/mol. The van der Waals surface area contributed by atoms with Crippen LogP contribution >= 0.6 is 0 Å². The van der Waals surface area contributed by atoms with Crippen LogP contribution in [0.25, 0.3) is 0 Å². The van der Waals surface area contributed by atoms with Gasteiger partial charge < -0.3 is 11.1 Å². The molecule has 3 N–H and O–H groups in total. The fourth-order valence-corrected chi connectivity index (χ4v) is 2.15. The lowest BCUT2D eigenvalue weighted by atomic mass is 10.0. The average molecular weight is 248 g/mol. The molecule has 0 atom stereocenters. The highest BCUT2D eigenvalue weighted by molar-refractivity contribution is 5.27. The van der Waals surface area contributed by atoms with Gasteiger partial charge in [-0.1, -0.05) is 51.0 Å². The number of rotatable bonds is 9. The van der Waals surface area contributed by atoms with Gasteiger partial charge in [-0.3, -0.25) is 0 Å². The molecule has 0 amide bonds. The standard InChI is InChI=1S/C16H28N2/c1-14(2)7-5-6-11-18-12-10-15-8-3-4-9-16(15)13-17/h3-4,8-9,14,18H,5-7,10-13,17H2,1-2H3. The molecular weight excluding hydrogens is 220 g/mol. The second kappa shape index (κ2) is 9.12. The van der Waals surface area contributed by atoms with E-state index in [1.165, 1.54) is 30.4 Å². The fraction of sp³-hybridized carbons (Fsp3) is 0.625. The Labute approximate surface area is 112 Å². The lowest BCUT2D eigenvalue weighted by Gasteiger charge is -2.09. The van der Waals surface area contributed by atoms with Crippen LogP contribution in [0, 0.1) is 5.92 Å². The molecular formula is C16H28N2. The minimum Gasteiger partial charge on any atom is -0.326 e. The van der Waals surface area contributed by atoms with Gasteiger partial charge in [-0.05, 0) is 43.0 Å². The summed E-state index contributed by atoms with van der Waals surface area (Å²) in [6.45, 7) is 7.41. The Bertz CT molecular complexity index is 321. The smallest absolute Gasteiger partial charge is 0.0180 e. The van der Waals surface area contributed by atoms with Crippen molar-refractivity contribution in [2.75, 3.05) is 13.1 Å². The van der Waals surface area contributed by atoms with Gasteiger partial charge in [-0.15, -0.1) is 0 Å². The zero-order chi connectivity index (χ0) is 13.2. The van der Waals surface area contributed by atoms with Gasteiger partial charge in [0.15, 0.2) is 0 Å².